The van der Waals surface area contributed by atoms with Gasteiger partial charge in [-0.15, -0.1) is 0 Å². The number of rotatable bonds is 6. The molecule has 4 rings (SSSR count). The fourth-order valence-electron chi connectivity index (χ4n) is 3.37. The van der Waals surface area contributed by atoms with Crippen LogP contribution in [0, 0.1) is 0 Å². The van der Waals surface area contributed by atoms with Crippen molar-refractivity contribution in [3.8, 4) is 22.6 Å². The largest absolute Gasteiger partial charge is 0.491 e. The van der Waals surface area contributed by atoms with Crippen LogP contribution < -0.4 is 14.8 Å². The van der Waals surface area contributed by atoms with Gasteiger partial charge in [-0.1, -0.05) is 48.5 Å². The first-order valence-corrected chi connectivity index (χ1v) is 10.1. The SMILES string of the molecule is CC(C)Oc1ccc(CNC(=O)C2=Cc3cc(-c4ccccc4)ccc3OC2)cc1. The normalized spacial score (nSPS) is 12.6. The lowest BCUT2D eigenvalue weighted by Gasteiger charge is -2.18. The zero-order valence-corrected chi connectivity index (χ0v) is 17.2. The minimum Gasteiger partial charge on any atom is -0.491 e. The van der Waals surface area contributed by atoms with E-state index >= 15 is 0 Å². The average Bonchev–Trinajstić information content (AvgIpc) is 2.78. The molecule has 0 unspecified atom stereocenters. The molecule has 0 fully saturated rings. The van der Waals surface area contributed by atoms with E-state index in [1.54, 1.807) is 0 Å². The Labute approximate surface area is 177 Å². The van der Waals surface area contributed by atoms with Gasteiger partial charge in [0, 0.05) is 12.1 Å². The summed E-state index contributed by atoms with van der Waals surface area (Å²) >= 11 is 0. The van der Waals surface area contributed by atoms with E-state index in [2.05, 4.69) is 23.5 Å². The second-order valence-corrected chi connectivity index (χ2v) is 7.57. The molecule has 4 nitrogen and oxygen atoms in total. The Kier molecular flexibility index (Phi) is 5.84. The molecule has 0 aromatic heterocycles. The fraction of sp³-hybridized carbons (Fsp3) is 0.192. The van der Waals surface area contributed by atoms with Gasteiger partial charge in [0.2, 0.25) is 0 Å². The van der Waals surface area contributed by atoms with E-state index < -0.39 is 0 Å². The molecule has 0 atom stereocenters. The molecular formula is C26H25NO3. The number of fused-ring (bicyclic) bond motifs is 1. The van der Waals surface area contributed by atoms with Crippen molar-refractivity contribution >= 4 is 12.0 Å². The molecule has 152 valence electrons. The quantitative estimate of drug-likeness (QED) is 0.617. The summed E-state index contributed by atoms with van der Waals surface area (Å²) in [6.45, 7) is 4.71. The van der Waals surface area contributed by atoms with Gasteiger partial charge in [-0.3, -0.25) is 4.79 Å². The van der Waals surface area contributed by atoms with E-state index in [9.17, 15) is 4.79 Å². The molecule has 0 aliphatic carbocycles. The molecule has 3 aromatic carbocycles. The molecular weight excluding hydrogens is 374 g/mol. The highest BCUT2D eigenvalue weighted by Crippen LogP contribution is 2.31. The minimum atomic E-state index is -0.117. The van der Waals surface area contributed by atoms with Gasteiger partial charge in [0.15, 0.2) is 0 Å². The lowest BCUT2D eigenvalue weighted by molar-refractivity contribution is -0.117. The summed E-state index contributed by atoms with van der Waals surface area (Å²) in [5.74, 6) is 1.51. The van der Waals surface area contributed by atoms with Crippen LogP contribution >= 0.6 is 0 Å². The summed E-state index contributed by atoms with van der Waals surface area (Å²) in [4.78, 5) is 12.7. The van der Waals surface area contributed by atoms with Gasteiger partial charge in [-0.2, -0.15) is 0 Å². The first kappa shape index (κ1) is 19.8. The lowest BCUT2D eigenvalue weighted by atomic mass is 10.00. The number of hydrogen-bond acceptors (Lipinski definition) is 3. The van der Waals surface area contributed by atoms with Crippen molar-refractivity contribution in [2.24, 2.45) is 0 Å². The topological polar surface area (TPSA) is 47.6 Å². The van der Waals surface area contributed by atoms with Crippen LogP contribution in [0.4, 0.5) is 0 Å². The molecule has 1 N–H and O–H groups in total. The minimum absolute atomic E-state index is 0.117. The van der Waals surface area contributed by atoms with Crippen LogP contribution in [0.1, 0.15) is 25.0 Å². The number of carbonyl (C=O) groups is 1. The van der Waals surface area contributed by atoms with Crippen molar-refractivity contribution in [3.05, 3.63) is 89.5 Å². The van der Waals surface area contributed by atoms with Crippen LogP contribution in [0.5, 0.6) is 11.5 Å². The zero-order valence-electron chi connectivity index (χ0n) is 17.2. The van der Waals surface area contributed by atoms with Crippen molar-refractivity contribution in [2.75, 3.05) is 6.61 Å². The summed E-state index contributed by atoms with van der Waals surface area (Å²) in [5, 5.41) is 2.98. The number of carbonyl (C=O) groups excluding carboxylic acids is 1. The van der Waals surface area contributed by atoms with E-state index in [0.29, 0.717) is 12.1 Å². The molecule has 30 heavy (non-hydrogen) atoms. The van der Waals surface area contributed by atoms with Gasteiger partial charge >= 0.3 is 0 Å². The highest BCUT2D eigenvalue weighted by molar-refractivity contribution is 5.99. The summed E-state index contributed by atoms with van der Waals surface area (Å²) < 4.78 is 11.5. The van der Waals surface area contributed by atoms with E-state index in [-0.39, 0.29) is 18.6 Å². The third-order valence-corrected chi connectivity index (χ3v) is 4.87. The number of hydrogen-bond donors (Lipinski definition) is 1. The summed E-state index contributed by atoms with van der Waals surface area (Å²) in [6.07, 6.45) is 2.05. The van der Waals surface area contributed by atoms with Gasteiger partial charge in [-0.25, -0.2) is 0 Å². The Bertz CT molecular complexity index is 1050. The van der Waals surface area contributed by atoms with Crippen LogP contribution in [-0.2, 0) is 11.3 Å². The van der Waals surface area contributed by atoms with Crippen molar-refractivity contribution < 1.29 is 14.3 Å². The first-order chi connectivity index (χ1) is 14.6. The van der Waals surface area contributed by atoms with Crippen molar-refractivity contribution in [2.45, 2.75) is 26.5 Å². The number of benzene rings is 3. The highest BCUT2D eigenvalue weighted by Gasteiger charge is 2.17. The van der Waals surface area contributed by atoms with Crippen LogP contribution in [0.25, 0.3) is 17.2 Å². The lowest BCUT2D eigenvalue weighted by Crippen LogP contribution is -2.28. The second kappa shape index (κ2) is 8.87. The van der Waals surface area contributed by atoms with E-state index in [4.69, 9.17) is 9.47 Å². The Hall–Kier alpha value is -3.53. The van der Waals surface area contributed by atoms with Crippen molar-refractivity contribution in [3.63, 3.8) is 0 Å². The molecule has 1 aliphatic heterocycles. The molecule has 1 aliphatic rings. The predicted octanol–water partition coefficient (Wildman–Crippen LogP) is 5.23. The van der Waals surface area contributed by atoms with Crippen LogP contribution in [0.2, 0.25) is 0 Å². The van der Waals surface area contributed by atoms with Crippen LogP contribution in [0.15, 0.2) is 78.4 Å². The van der Waals surface area contributed by atoms with Gasteiger partial charge in [0.1, 0.15) is 18.1 Å². The first-order valence-electron chi connectivity index (χ1n) is 10.1. The number of amides is 1. The predicted molar refractivity (Wildman–Crippen MR) is 119 cm³/mol. The van der Waals surface area contributed by atoms with Gasteiger partial charge < -0.3 is 14.8 Å². The molecule has 1 amide bonds. The Balaban J connectivity index is 1.43. The highest BCUT2D eigenvalue weighted by atomic mass is 16.5. The smallest absolute Gasteiger partial charge is 0.250 e. The Morgan fingerprint density at radius 2 is 1.77 bits per heavy atom. The standard InChI is InChI=1S/C26H25NO3/c1-18(2)30-24-11-8-19(9-12-24)16-27-26(28)23-15-22-14-21(10-13-25(22)29-17-23)20-6-4-3-5-7-20/h3-15,18H,16-17H2,1-2H3,(H,27,28). The average molecular weight is 399 g/mol. The van der Waals surface area contributed by atoms with Gasteiger partial charge in [0.05, 0.1) is 11.7 Å². The van der Waals surface area contributed by atoms with Crippen LogP contribution in [0.3, 0.4) is 0 Å². The Morgan fingerprint density at radius 3 is 2.50 bits per heavy atom. The molecule has 0 bridgehead atoms. The molecule has 0 saturated carbocycles. The summed E-state index contributed by atoms with van der Waals surface area (Å²) in [6, 6.07) is 24.0. The second-order valence-electron chi connectivity index (χ2n) is 7.57. The maximum atomic E-state index is 12.7. The fourth-order valence-corrected chi connectivity index (χ4v) is 3.37. The molecule has 0 spiro atoms. The summed E-state index contributed by atoms with van der Waals surface area (Å²) in [5.41, 5.74) is 4.79. The molecule has 1 heterocycles. The third-order valence-electron chi connectivity index (χ3n) is 4.87. The maximum Gasteiger partial charge on any atom is 0.250 e. The van der Waals surface area contributed by atoms with E-state index in [1.807, 2.05) is 74.5 Å². The van der Waals surface area contributed by atoms with Crippen molar-refractivity contribution in [1.29, 1.82) is 0 Å². The molecule has 0 radical (unpaired) electrons. The Morgan fingerprint density at radius 1 is 1.00 bits per heavy atom. The third kappa shape index (κ3) is 4.71. The van der Waals surface area contributed by atoms with Crippen LogP contribution in [-0.4, -0.2) is 18.6 Å². The van der Waals surface area contributed by atoms with Gasteiger partial charge in [0.25, 0.3) is 5.91 Å². The number of ether oxygens (including phenoxy) is 2. The monoisotopic (exact) mass is 399 g/mol. The molecule has 0 saturated heterocycles. The number of nitrogens with one attached hydrogen (secondary N) is 1. The zero-order chi connectivity index (χ0) is 20.9. The van der Waals surface area contributed by atoms with Gasteiger partial charge in [-0.05, 0) is 60.9 Å². The van der Waals surface area contributed by atoms with E-state index in [0.717, 1.165) is 33.8 Å². The maximum absolute atomic E-state index is 12.7. The molecule has 3 aromatic rings. The summed E-state index contributed by atoms with van der Waals surface area (Å²) in [7, 11) is 0. The van der Waals surface area contributed by atoms with E-state index in [1.165, 1.54) is 0 Å². The van der Waals surface area contributed by atoms with Crippen molar-refractivity contribution in [1.82, 2.24) is 5.32 Å². The molecule has 4 heteroatoms.